The molecule has 0 atom stereocenters. The number of hydrogen-bond acceptors (Lipinski definition) is 3. The number of anilines is 5. The van der Waals surface area contributed by atoms with Gasteiger partial charge in [-0.25, -0.2) is 0 Å². The van der Waals surface area contributed by atoms with E-state index in [1.165, 1.54) is 33.4 Å². The highest BCUT2D eigenvalue weighted by atomic mass is 16.5. The zero-order chi connectivity index (χ0) is 38.8. The maximum atomic E-state index is 7.18. The van der Waals surface area contributed by atoms with E-state index in [2.05, 4.69) is 224 Å². The minimum absolute atomic E-state index is 0.0892. The van der Waals surface area contributed by atoms with E-state index in [0.29, 0.717) is 0 Å². The summed E-state index contributed by atoms with van der Waals surface area (Å²) in [4.78, 5) is 2.29. The van der Waals surface area contributed by atoms with Crippen LogP contribution in [-0.4, -0.2) is 0 Å². The van der Waals surface area contributed by atoms with Gasteiger partial charge in [0.05, 0.1) is 5.69 Å². The molecule has 9 aromatic carbocycles. The van der Waals surface area contributed by atoms with Crippen molar-refractivity contribution in [1.82, 2.24) is 0 Å². The van der Waals surface area contributed by atoms with Gasteiger partial charge in [0.2, 0.25) is 0 Å². The smallest absolute Gasteiger partial charge is 0.159 e. The van der Waals surface area contributed by atoms with Gasteiger partial charge < -0.3 is 15.0 Å². The van der Waals surface area contributed by atoms with Crippen LogP contribution in [-0.2, 0) is 5.41 Å². The molecular formula is C55H40N2O. The Balaban J connectivity index is 1.05. The van der Waals surface area contributed by atoms with Crippen LogP contribution < -0.4 is 15.0 Å². The second kappa shape index (κ2) is 13.4. The van der Waals surface area contributed by atoms with Gasteiger partial charge in [0.25, 0.3) is 0 Å². The lowest BCUT2D eigenvalue weighted by Gasteiger charge is -2.30. The highest BCUT2D eigenvalue weighted by Gasteiger charge is 2.35. The lowest BCUT2D eigenvalue weighted by molar-refractivity contribution is 0.488. The molecule has 0 saturated heterocycles. The lowest BCUT2D eigenvalue weighted by Crippen LogP contribution is -2.15. The van der Waals surface area contributed by atoms with Gasteiger partial charge in [-0.15, -0.1) is 0 Å². The maximum absolute atomic E-state index is 7.18. The van der Waals surface area contributed by atoms with Gasteiger partial charge in [0, 0.05) is 44.7 Å². The molecule has 0 spiro atoms. The summed E-state index contributed by atoms with van der Waals surface area (Å²) in [7, 11) is 0. The topological polar surface area (TPSA) is 24.5 Å². The van der Waals surface area contributed by atoms with Gasteiger partial charge in [0.1, 0.15) is 5.75 Å². The summed E-state index contributed by atoms with van der Waals surface area (Å²) in [6, 6.07) is 71.7. The minimum atomic E-state index is -0.0892. The molecular weight excluding hydrogens is 705 g/mol. The van der Waals surface area contributed by atoms with Gasteiger partial charge in [0.15, 0.2) is 5.75 Å². The highest BCUT2D eigenvalue weighted by Crippen LogP contribution is 2.54. The fourth-order valence-corrected chi connectivity index (χ4v) is 9.17. The predicted molar refractivity (Wildman–Crippen MR) is 242 cm³/mol. The molecule has 3 heteroatoms. The maximum Gasteiger partial charge on any atom is 0.159 e. The molecule has 276 valence electrons. The molecule has 1 aliphatic heterocycles. The largest absolute Gasteiger partial charge is 0.454 e. The standard InChI is InChI=1S/C55H40N2O/c1-55(2)48-24-13-12-22-43(48)44-30-28-40(35-49(44)55)56-50-31-26-38(36-15-6-3-7-16-36)33-47(50)39-25-29-45-46-23-14-17-37-27-32-51(54(53(37)46)58-52(45)34-39)57(41-18-8-4-9-19-41)42-20-10-5-11-21-42/h3-35,56H,1-2H3. The SMILES string of the molecule is CC1(C)c2ccccc2-c2ccc(Nc3ccc(-c4ccccc4)cc3-c3ccc4c(c3)Oc3c(N(c5ccccc5)c5ccccc5)ccc5cccc-4c35)cc21. The zero-order valence-electron chi connectivity index (χ0n) is 32.4. The molecule has 0 aromatic heterocycles. The van der Waals surface area contributed by atoms with Gasteiger partial charge in [-0.3, -0.25) is 0 Å². The average molecular weight is 745 g/mol. The van der Waals surface area contributed by atoms with E-state index in [4.69, 9.17) is 4.74 Å². The van der Waals surface area contributed by atoms with E-state index in [9.17, 15) is 0 Å². The minimum Gasteiger partial charge on any atom is -0.454 e. The monoisotopic (exact) mass is 744 g/mol. The summed E-state index contributed by atoms with van der Waals surface area (Å²) in [5.74, 6) is 1.68. The summed E-state index contributed by atoms with van der Waals surface area (Å²) >= 11 is 0. The molecule has 0 fully saturated rings. The Kier molecular flexibility index (Phi) is 7.84. The number of ether oxygens (including phenoxy) is 1. The van der Waals surface area contributed by atoms with Crippen LogP contribution >= 0.6 is 0 Å². The van der Waals surface area contributed by atoms with E-state index in [-0.39, 0.29) is 5.41 Å². The number of rotatable bonds is 7. The van der Waals surface area contributed by atoms with E-state index in [1.54, 1.807) is 0 Å². The van der Waals surface area contributed by atoms with Crippen molar-refractivity contribution in [3.05, 3.63) is 211 Å². The Labute approximate surface area is 339 Å². The quantitative estimate of drug-likeness (QED) is 0.176. The lowest BCUT2D eigenvalue weighted by atomic mass is 9.82. The average Bonchev–Trinajstić information content (AvgIpc) is 3.50. The first-order chi connectivity index (χ1) is 28.5. The molecule has 0 saturated carbocycles. The molecule has 11 rings (SSSR count). The molecule has 1 heterocycles. The van der Waals surface area contributed by atoms with Crippen LogP contribution in [0.5, 0.6) is 11.5 Å². The molecule has 1 aliphatic carbocycles. The molecule has 0 radical (unpaired) electrons. The fraction of sp³-hybridized carbons (Fsp3) is 0.0545. The van der Waals surface area contributed by atoms with Crippen molar-refractivity contribution in [3.63, 3.8) is 0 Å². The molecule has 0 unspecified atom stereocenters. The molecule has 1 N–H and O–H groups in total. The van der Waals surface area contributed by atoms with Gasteiger partial charge >= 0.3 is 0 Å². The van der Waals surface area contributed by atoms with Crippen molar-refractivity contribution in [2.24, 2.45) is 0 Å². The van der Waals surface area contributed by atoms with Crippen LogP contribution in [0.15, 0.2) is 200 Å². The second-order valence-electron chi connectivity index (χ2n) is 15.8. The Bertz CT molecular complexity index is 2990. The molecule has 9 aromatic rings. The van der Waals surface area contributed by atoms with E-state index in [1.807, 2.05) is 0 Å². The van der Waals surface area contributed by atoms with Crippen molar-refractivity contribution in [2.45, 2.75) is 19.3 Å². The van der Waals surface area contributed by atoms with Crippen LogP contribution in [0.25, 0.3) is 55.3 Å². The van der Waals surface area contributed by atoms with Crippen LogP contribution in [0.1, 0.15) is 25.0 Å². The summed E-state index contributed by atoms with van der Waals surface area (Å²) < 4.78 is 7.18. The van der Waals surface area contributed by atoms with Crippen LogP contribution in [0.2, 0.25) is 0 Å². The third-order valence-corrected chi connectivity index (χ3v) is 12.0. The Morgan fingerprint density at radius 1 is 0.448 bits per heavy atom. The highest BCUT2D eigenvalue weighted by molar-refractivity contribution is 6.08. The number of fused-ring (bicyclic) bond motifs is 5. The van der Waals surface area contributed by atoms with Crippen molar-refractivity contribution in [3.8, 4) is 56.0 Å². The number of benzene rings is 9. The van der Waals surface area contributed by atoms with Crippen LogP contribution in [0.4, 0.5) is 28.4 Å². The van der Waals surface area contributed by atoms with Crippen molar-refractivity contribution < 1.29 is 4.74 Å². The predicted octanol–water partition coefficient (Wildman–Crippen LogP) is 15.5. The van der Waals surface area contributed by atoms with Gasteiger partial charge in [-0.05, 0) is 117 Å². The van der Waals surface area contributed by atoms with Crippen LogP contribution in [0.3, 0.4) is 0 Å². The number of para-hydroxylation sites is 2. The molecule has 3 nitrogen and oxygen atoms in total. The number of nitrogens with zero attached hydrogens (tertiary/aromatic N) is 1. The summed E-state index contributed by atoms with van der Waals surface area (Å²) in [5.41, 5.74) is 17.2. The molecule has 0 amide bonds. The van der Waals surface area contributed by atoms with Crippen LogP contribution in [0, 0.1) is 0 Å². The fourth-order valence-electron chi connectivity index (χ4n) is 9.17. The molecule has 2 aliphatic rings. The zero-order valence-corrected chi connectivity index (χ0v) is 32.4. The Morgan fingerprint density at radius 2 is 1.10 bits per heavy atom. The third-order valence-electron chi connectivity index (χ3n) is 12.0. The summed E-state index contributed by atoms with van der Waals surface area (Å²) in [6.45, 7) is 4.66. The van der Waals surface area contributed by atoms with Crippen molar-refractivity contribution >= 4 is 39.2 Å². The van der Waals surface area contributed by atoms with Gasteiger partial charge in [-0.1, -0.05) is 147 Å². The third kappa shape index (κ3) is 5.50. The Hall–Kier alpha value is -7.36. The van der Waals surface area contributed by atoms with E-state index < -0.39 is 0 Å². The first-order valence-corrected chi connectivity index (χ1v) is 20.0. The normalized spacial score (nSPS) is 12.9. The first-order valence-electron chi connectivity index (χ1n) is 20.0. The summed E-state index contributed by atoms with van der Waals surface area (Å²) in [6.07, 6.45) is 0. The van der Waals surface area contributed by atoms with Gasteiger partial charge in [-0.2, -0.15) is 0 Å². The van der Waals surface area contributed by atoms with Crippen molar-refractivity contribution in [1.29, 1.82) is 0 Å². The first kappa shape index (κ1) is 33.9. The molecule has 0 bridgehead atoms. The van der Waals surface area contributed by atoms with Crippen molar-refractivity contribution in [2.75, 3.05) is 10.2 Å². The Morgan fingerprint density at radius 3 is 1.88 bits per heavy atom. The molecule has 58 heavy (non-hydrogen) atoms. The van der Waals surface area contributed by atoms with E-state index in [0.717, 1.165) is 73.0 Å². The number of hydrogen-bond donors (Lipinski definition) is 1. The van der Waals surface area contributed by atoms with E-state index >= 15 is 0 Å². The number of nitrogens with one attached hydrogen (secondary N) is 1. The second-order valence-corrected chi connectivity index (χ2v) is 15.8. The summed E-state index contributed by atoms with van der Waals surface area (Å²) in [5, 5.41) is 6.13.